The molecular formula is C16H12ClN3O2. The third-order valence-electron chi connectivity index (χ3n) is 3.31. The van der Waals surface area contributed by atoms with Crippen LogP contribution >= 0.6 is 11.6 Å². The monoisotopic (exact) mass is 313 g/mol. The van der Waals surface area contributed by atoms with Gasteiger partial charge in [0.15, 0.2) is 5.69 Å². The molecule has 1 heterocycles. The van der Waals surface area contributed by atoms with Crippen molar-refractivity contribution in [2.75, 3.05) is 0 Å². The Morgan fingerprint density at radius 1 is 1.18 bits per heavy atom. The van der Waals surface area contributed by atoms with Crippen molar-refractivity contribution in [2.24, 2.45) is 0 Å². The number of carbonyl (C=O) groups is 1. The first-order valence-corrected chi connectivity index (χ1v) is 6.96. The normalized spacial score (nSPS) is 10.6. The summed E-state index contributed by atoms with van der Waals surface area (Å²) in [7, 11) is 0. The summed E-state index contributed by atoms with van der Waals surface area (Å²) in [5.41, 5.74) is 2.72. The van der Waals surface area contributed by atoms with Gasteiger partial charge >= 0.3 is 5.97 Å². The minimum atomic E-state index is -1.11. The lowest BCUT2D eigenvalue weighted by atomic mass is 10.1. The molecular weight excluding hydrogens is 302 g/mol. The second-order valence-corrected chi connectivity index (χ2v) is 5.24. The standard InChI is InChI=1S/C16H12ClN3O2/c1-10-9-12(17)7-8-13(10)20-15(11-5-3-2-4-6-11)14(16(21)22)18-19-20/h2-9H,1H3,(H,21,22). The number of aryl methyl sites for hydroxylation is 1. The molecule has 0 atom stereocenters. The molecule has 0 saturated heterocycles. The van der Waals surface area contributed by atoms with Crippen LogP contribution in [-0.4, -0.2) is 26.1 Å². The maximum Gasteiger partial charge on any atom is 0.358 e. The predicted molar refractivity (Wildman–Crippen MR) is 83.5 cm³/mol. The number of aromatic carboxylic acids is 1. The summed E-state index contributed by atoms with van der Waals surface area (Å²) in [4.78, 5) is 11.4. The number of rotatable bonds is 3. The summed E-state index contributed by atoms with van der Waals surface area (Å²) in [6.07, 6.45) is 0. The SMILES string of the molecule is Cc1cc(Cl)ccc1-n1nnc(C(=O)O)c1-c1ccccc1. The third-order valence-corrected chi connectivity index (χ3v) is 3.54. The predicted octanol–water partition coefficient (Wildman–Crippen LogP) is 3.59. The molecule has 0 unspecified atom stereocenters. The topological polar surface area (TPSA) is 68.0 Å². The van der Waals surface area contributed by atoms with E-state index < -0.39 is 5.97 Å². The molecule has 2 aromatic carbocycles. The van der Waals surface area contributed by atoms with Crippen LogP contribution in [0, 0.1) is 6.92 Å². The van der Waals surface area contributed by atoms with E-state index >= 15 is 0 Å². The molecule has 0 bridgehead atoms. The lowest BCUT2D eigenvalue weighted by Crippen LogP contribution is -2.04. The van der Waals surface area contributed by atoms with Crippen LogP contribution in [0.3, 0.4) is 0 Å². The Labute approximate surface area is 131 Å². The molecule has 110 valence electrons. The first kappa shape index (κ1) is 14.3. The smallest absolute Gasteiger partial charge is 0.358 e. The zero-order valence-corrected chi connectivity index (χ0v) is 12.4. The molecule has 3 rings (SSSR count). The van der Waals surface area contributed by atoms with Gasteiger partial charge in [0.25, 0.3) is 0 Å². The lowest BCUT2D eigenvalue weighted by Gasteiger charge is -2.10. The van der Waals surface area contributed by atoms with Gasteiger partial charge in [-0.2, -0.15) is 0 Å². The molecule has 6 heteroatoms. The molecule has 3 aromatic rings. The highest BCUT2D eigenvalue weighted by atomic mass is 35.5. The Bertz CT molecular complexity index is 844. The zero-order valence-electron chi connectivity index (χ0n) is 11.7. The van der Waals surface area contributed by atoms with E-state index in [4.69, 9.17) is 11.6 Å². The fourth-order valence-electron chi connectivity index (χ4n) is 2.31. The lowest BCUT2D eigenvalue weighted by molar-refractivity contribution is 0.0691. The quantitative estimate of drug-likeness (QED) is 0.802. The fraction of sp³-hybridized carbons (Fsp3) is 0.0625. The van der Waals surface area contributed by atoms with Gasteiger partial charge < -0.3 is 5.11 Å². The minimum absolute atomic E-state index is 0.0828. The largest absolute Gasteiger partial charge is 0.476 e. The molecule has 5 nitrogen and oxygen atoms in total. The third kappa shape index (κ3) is 2.46. The summed E-state index contributed by atoms with van der Waals surface area (Å²) in [5.74, 6) is -1.11. The van der Waals surface area contributed by atoms with E-state index in [1.807, 2.05) is 37.3 Å². The van der Waals surface area contributed by atoms with Crippen LogP contribution in [-0.2, 0) is 0 Å². The Hall–Kier alpha value is -2.66. The van der Waals surface area contributed by atoms with Crippen molar-refractivity contribution in [3.8, 4) is 16.9 Å². The van der Waals surface area contributed by atoms with Gasteiger partial charge in [0.1, 0.15) is 5.69 Å². The van der Waals surface area contributed by atoms with E-state index in [-0.39, 0.29) is 5.69 Å². The number of nitrogens with zero attached hydrogens (tertiary/aromatic N) is 3. The second-order valence-electron chi connectivity index (χ2n) is 4.80. The van der Waals surface area contributed by atoms with Gasteiger partial charge in [-0.15, -0.1) is 5.10 Å². The van der Waals surface area contributed by atoms with Gasteiger partial charge in [0.05, 0.1) is 5.69 Å². The van der Waals surface area contributed by atoms with Crippen LogP contribution in [0.25, 0.3) is 16.9 Å². The maximum atomic E-state index is 11.4. The van der Waals surface area contributed by atoms with Crippen molar-refractivity contribution < 1.29 is 9.90 Å². The first-order valence-electron chi connectivity index (χ1n) is 6.59. The number of halogens is 1. The number of hydrogen-bond acceptors (Lipinski definition) is 3. The molecule has 0 aliphatic rings. The molecule has 1 N–H and O–H groups in total. The number of aromatic nitrogens is 3. The summed E-state index contributed by atoms with van der Waals surface area (Å²) in [6.45, 7) is 1.89. The van der Waals surface area contributed by atoms with E-state index in [1.54, 1.807) is 18.2 Å². The van der Waals surface area contributed by atoms with Crippen LogP contribution in [0.2, 0.25) is 5.02 Å². The average molecular weight is 314 g/mol. The highest BCUT2D eigenvalue weighted by Gasteiger charge is 2.22. The molecule has 0 saturated carbocycles. The van der Waals surface area contributed by atoms with Gasteiger partial charge in [0, 0.05) is 10.6 Å². The summed E-state index contributed by atoms with van der Waals surface area (Å²) >= 11 is 5.98. The number of carboxylic acid groups (broad SMARTS) is 1. The van der Waals surface area contributed by atoms with Crippen molar-refractivity contribution in [2.45, 2.75) is 6.92 Å². The second kappa shape index (κ2) is 5.61. The van der Waals surface area contributed by atoms with Crippen LogP contribution < -0.4 is 0 Å². The average Bonchev–Trinajstić information content (AvgIpc) is 2.93. The van der Waals surface area contributed by atoms with Crippen LogP contribution in [0.15, 0.2) is 48.5 Å². The van der Waals surface area contributed by atoms with Crippen molar-refractivity contribution in [1.29, 1.82) is 0 Å². The van der Waals surface area contributed by atoms with Gasteiger partial charge in [-0.1, -0.05) is 47.1 Å². The van der Waals surface area contributed by atoms with Gasteiger partial charge in [-0.25, -0.2) is 9.48 Å². The highest BCUT2D eigenvalue weighted by Crippen LogP contribution is 2.27. The minimum Gasteiger partial charge on any atom is -0.476 e. The molecule has 22 heavy (non-hydrogen) atoms. The van der Waals surface area contributed by atoms with E-state index in [1.165, 1.54) is 4.68 Å². The molecule has 0 spiro atoms. The molecule has 0 aliphatic carbocycles. The summed E-state index contributed by atoms with van der Waals surface area (Å²) < 4.78 is 1.53. The Balaban J connectivity index is 2.27. The van der Waals surface area contributed by atoms with E-state index in [9.17, 15) is 9.90 Å². The van der Waals surface area contributed by atoms with Gasteiger partial charge in [0.2, 0.25) is 0 Å². The molecule has 0 fully saturated rings. The fourth-order valence-corrected chi connectivity index (χ4v) is 2.53. The molecule has 0 aliphatic heterocycles. The Morgan fingerprint density at radius 2 is 1.91 bits per heavy atom. The number of hydrogen-bond donors (Lipinski definition) is 1. The summed E-state index contributed by atoms with van der Waals surface area (Å²) in [6, 6.07) is 14.5. The maximum absolute atomic E-state index is 11.4. The van der Waals surface area contributed by atoms with Gasteiger partial charge in [-0.05, 0) is 30.7 Å². The van der Waals surface area contributed by atoms with Gasteiger partial charge in [-0.3, -0.25) is 0 Å². The summed E-state index contributed by atoms with van der Waals surface area (Å²) in [5, 5.41) is 17.8. The van der Waals surface area contributed by atoms with E-state index in [2.05, 4.69) is 10.3 Å². The Morgan fingerprint density at radius 3 is 2.55 bits per heavy atom. The van der Waals surface area contributed by atoms with Crippen molar-refractivity contribution in [3.05, 3.63) is 64.8 Å². The van der Waals surface area contributed by atoms with Crippen molar-refractivity contribution in [1.82, 2.24) is 15.0 Å². The molecule has 0 radical (unpaired) electrons. The highest BCUT2D eigenvalue weighted by molar-refractivity contribution is 6.30. The van der Waals surface area contributed by atoms with Crippen LogP contribution in [0.4, 0.5) is 0 Å². The molecule has 0 amide bonds. The zero-order chi connectivity index (χ0) is 15.7. The molecule has 1 aromatic heterocycles. The first-order chi connectivity index (χ1) is 10.6. The van der Waals surface area contributed by atoms with E-state index in [0.29, 0.717) is 10.7 Å². The number of benzene rings is 2. The van der Waals surface area contributed by atoms with Crippen LogP contribution in [0.1, 0.15) is 16.1 Å². The Kier molecular flexibility index (Phi) is 3.65. The number of carboxylic acids is 1. The van der Waals surface area contributed by atoms with Crippen molar-refractivity contribution >= 4 is 17.6 Å². The van der Waals surface area contributed by atoms with Crippen LogP contribution in [0.5, 0.6) is 0 Å². The van der Waals surface area contributed by atoms with Crippen molar-refractivity contribution in [3.63, 3.8) is 0 Å². The van der Waals surface area contributed by atoms with E-state index in [0.717, 1.165) is 16.8 Å².